The second kappa shape index (κ2) is 7.90. The van der Waals surface area contributed by atoms with Gasteiger partial charge in [0.15, 0.2) is 0 Å². The molecule has 0 aliphatic carbocycles. The van der Waals surface area contributed by atoms with Gasteiger partial charge in [0.25, 0.3) is 0 Å². The number of nitrogens with one attached hydrogen (secondary N) is 3. The largest absolute Gasteiger partial charge is 0.459 e. The maximum Gasteiger partial charge on any atom is 0.239 e. The molecule has 1 heterocycles. The van der Waals surface area contributed by atoms with Crippen molar-refractivity contribution in [3.63, 3.8) is 0 Å². The molecule has 1 atom stereocenters. The smallest absolute Gasteiger partial charge is 0.239 e. The molecular weight excluding hydrogens is 349 g/mol. The lowest BCUT2D eigenvalue weighted by Gasteiger charge is -2.13. The maximum atomic E-state index is 13.6. The lowest BCUT2D eigenvalue weighted by atomic mass is 10.2. The van der Waals surface area contributed by atoms with E-state index < -0.39 is 5.82 Å². The molecule has 3 rings (SSSR count). The molecule has 0 spiro atoms. The maximum absolute atomic E-state index is 13.6. The summed E-state index contributed by atoms with van der Waals surface area (Å²) in [4.78, 5) is 23.3. The summed E-state index contributed by atoms with van der Waals surface area (Å²) in [5, 5.41) is 9.13. The number of amides is 2. The number of carbonyl (C=O) groups is 2. The Kier molecular flexibility index (Phi) is 5.40. The van der Waals surface area contributed by atoms with Crippen LogP contribution < -0.4 is 16.0 Å². The number of benzene rings is 2. The highest BCUT2D eigenvalue weighted by atomic mass is 19.1. The lowest BCUT2D eigenvalue weighted by molar-refractivity contribution is -0.120. The van der Waals surface area contributed by atoms with E-state index in [9.17, 15) is 14.0 Å². The fraction of sp³-hybridized carbons (Fsp3) is 0.200. The van der Waals surface area contributed by atoms with Gasteiger partial charge in [0.1, 0.15) is 17.2 Å². The molecule has 1 aromatic heterocycles. The van der Waals surface area contributed by atoms with Crippen molar-refractivity contribution in [3.8, 4) is 0 Å². The summed E-state index contributed by atoms with van der Waals surface area (Å²) in [6.07, 6.45) is 0. The van der Waals surface area contributed by atoms with E-state index in [0.717, 1.165) is 11.0 Å². The minimum atomic E-state index is -0.543. The number of carbonyl (C=O) groups excluding carboxylic acids is 2. The van der Waals surface area contributed by atoms with Crippen LogP contribution in [0.2, 0.25) is 0 Å². The topological polar surface area (TPSA) is 83.4 Å². The highest BCUT2D eigenvalue weighted by Crippen LogP contribution is 2.23. The van der Waals surface area contributed by atoms with E-state index in [0.29, 0.717) is 11.4 Å². The van der Waals surface area contributed by atoms with Crippen molar-refractivity contribution in [2.75, 3.05) is 17.2 Å². The summed E-state index contributed by atoms with van der Waals surface area (Å²) in [6, 6.07) is 13.4. The van der Waals surface area contributed by atoms with Crippen LogP contribution in [0.25, 0.3) is 11.0 Å². The standard InChI is InChI=1S/C20H20FN3O3/c1-12(19-9-14-5-3-4-6-18(14)27-19)23-20(26)11-22-15-7-8-16(21)17(10-15)24-13(2)25/h3-10,12,22H,11H2,1-2H3,(H,23,26)(H,24,25)/t12-/m0/s1. The summed E-state index contributed by atoms with van der Waals surface area (Å²) in [6.45, 7) is 3.13. The van der Waals surface area contributed by atoms with Crippen molar-refractivity contribution in [1.82, 2.24) is 5.32 Å². The van der Waals surface area contributed by atoms with Gasteiger partial charge in [0, 0.05) is 18.0 Å². The number of anilines is 2. The molecule has 2 aromatic carbocycles. The third-order valence-electron chi connectivity index (χ3n) is 3.98. The first kappa shape index (κ1) is 18.4. The van der Waals surface area contributed by atoms with Gasteiger partial charge in [-0.1, -0.05) is 18.2 Å². The van der Waals surface area contributed by atoms with Crippen LogP contribution in [0, 0.1) is 5.82 Å². The molecule has 0 aliphatic rings. The van der Waals surface area contributed by atoms with Gasteiger partial charge in [-0.05, 0) is 37.3 Å². The molecule has 0 saturated heterocycles. The first-order valence-electron chi connectivity index (χ1n) is 8.51. The van der Waals surface area contributed by atoms with Crippen LogP contribution in [-0.4, -0.2) is 18.4 Å². The number of hydrogen-bond acceptors (Lipinski definition) is 4. The molecule has 6 nitrogen and oxygen atoms in total. The van der Waals surface area contributed by atoms with Gasteiger partial charge >= 0.3 is 0 Å². The number of fused-ring (bicyclic) bond motifs is 1. The molecule has 2 amide bonds. The van der Waals surface area contributed by atoms with Crippen LogP contribution in [0.4, 0.5) is 15.8 Å². The molecule has 140 valence electrons. The van der Waals surface area contributed by atoms with E-state index in [1.54, 1.807) is 0 Å². The minimum absolute atomic E-state index is 0.00425. The summed E-state index contributed by atoms with van der Waals surface area (Å²) in [5.74, 6) is -0.491. The van der Waals surface area contributed by atoms with Gasteiger partial charge in [-0.2, -0.15) is 0 Å². The van der Waals surface area contributed by atoms with E-state index in [4.69, 9.17) is 4.42 Å². The molecular formula is C20H20FN3O3. The van der Waals surface area contributed by atoms with Crippen molar-refractivity contribution in [2.24, 2.45) is 0 Å². The summed E-state index contributed by atoms with van der Waals surface area (Å²) < 4.78 is 19.4. The quantitative estimate of drug-likeness (QED) is 0.617. The van der Waals surface area contributed by atoms with Crippen molar-refractivity contribution in [1.29, 1.82) is 0 Å². The zero-order chi connectivity index (χ0) is 19.4. The number of halogens is 1. The molecule has 0 aliphatic heterocycles. The Morgan fingerprint density at radius 2 is 1.93 bits per heavy atom. The molecule has 3 N–H and O–H groups in total. The average molecular weight is 369 g/mol. The van der Waals surface area contributed by atoms with Crippen LogP contribution in [0.3, 0.4) is 0 Å². The molecule has 0 bridgehead atoms. The summed E-state index contributed by atoms with van der Waals surface area (Å²) in [7, 11) is 0. The van der Waals surface area contributed by atoms with E-state index in [1.165, 1.54) is 25.1 Å². The van der Waals surface area contributed by atoms with Crippen LogP contribution in [0.5, 0.6) is 0 Å². The first-order chi connectivity index (χ1) is 12.9. The van der Waals surface area contributed by atoms with Gasteiger partial charge in [0.05, 0.1) is 18.3 Å². The van der Waals surface area contributed by atoms with Crippen molar-refractivity contribution >= 4 is 34.2 Å². The fourth-order valence-electron chi connectivity index (χ4n) is 2.68. The van der Waals surface area contributed by atoms with E-state index >= 15 is 0 Å². The second-order valence-corrected chi connectivity index (χ2v) is 6.21. The fourth-order valence-corrected chi connectivity index (χ4v) is 2.68. The number of rotatable bonds is 6. The minimum Gasteiger partial charge on any atom is -0.459 e. The Bertz CT molecular complexity index is 951. The second-order valence-electron chi connectivity index (χ2n) is 6.21. The van der Waals surface area contributed by atoms with Gasteiger partial charge < -0.3 is 20.4 Å². The molecule has 27 heavy (non-hydrogen) atoms. The number of hydrogen-bond donors (Lipinski definition) is 3. The van der Waals surface area contributed by atoms with Gasteiger partial charge in [-0.25, -0.2) is 4.39 Å². The van der Waals surface area contributed by atoms with Crippen molar-refractivity contribution in [2.45, 2.75) is 19.9 Å². The molecule has 3 aromatic rings. The molecule has 0 unspecified atom stereocenters. The van der Waals surface area contributed by atoms with E-state index in [2.05, 4.69) is 16.0 Å². The molecule has 0 saturated carbocycles. The van der Waals surface area contributed by atoms with Crippen LogP contribution in [0.15, 0.2) is 52.9 Å². The van der Waals surface area contributed by atoms with E-state index in [-0.39, 0.29) is 30.1 Å². The zero-order valence-electron chi connectivity index (χ0n) is 15.0. The van der Waals surface area contributed by atoms with Crippen LogP contribution >= 0.6 is 0 Å². The molecule has 7 heteroatoms. The predicted molar refractivity (Wildman–Crippen MR) is 102 cm³/mol. The Balaban J connectivity index is 1.58. The predicted octanol–water partition coefficient (Wildman–Crippen LogP) is 3.82. The van der Waals surface area contributed by atoms with Crippen molar-refractivity contribution < 1.29 is 18.4 Å². The van der Waals surface area contributed by atoms with Gasteiger partial charge in [-0.3, -0.25) is 9.59 Å². The number of para-hydroxylation sites is 1. The SMILES string of the molecule is CC(=O)Nc1cc(NCC(=O)N[C@@H](C)c2cc3ccccc3o2)ccc1F. The highest BCUT2D eigenvalue weighted by Gasteiger charge is 2.14. The highest BCUT2D eigenvalue weighted by molar-refractivity contribution is 5.89. The normalized spacial score (nSPS) is 11.8. The third-order valence-corrected chi connectivity index (χ3v) is 3.98. The van der Waals surface area contributed by atoms with Gasteiger partial charge in [0.2, 0.25) is 11.8 Å². The van der Waals surface area contributed by atoms with Crippen molar-refractivity contribution in [3.05, 3.63) is 60.1 Å². The average Bonchev–Trinajstić information content (AvgIpc) is 3.06. The summed E-state index contributed by atoms with van der Waals surface area (Å²) in [5.41, 5.74) is 1.35. The Morgan fingerprint density at radius 1 is 1.15 bits per heavy atom. The monoisotopic (exact) mass is 369 g/mol. The Labute approximate surface area is 155 Å². The Morgan fingerprint density at radius 3 is 2.67 bits per heavy atom. The van der Waals surface area contributed by atoms with Gasteiger partial charge in [-0.15, -0.1) is 0 Å². The molecule has 0 fully saturated rings. The van der Waals surface area contributed by atoms with E-state index in [1.807, 2.05) is 37.3 Å². The Hall–Kier alpha value is -3.35. The lowest BCUT2D eigenvalue weighted by Crippen LogP contribution is -2.31. The van der Waals surface area contributed by atoms with Crippen LogP contribution in [-0.2, 0) is 9.59 Å². The number of furan rings is 1. The zero-order valence-corrected chi connectivity index (χ0v) is 15.0. The van der Waals surface area contributed by atoms with Crippen LogP contribution in [0.1, 0.15) is 25.6 Å². The third kappa shape index (κ3) is 4.63. The summed E-state index contributed by atoms with van der Waals surface area (Å²) >= 11 is 0. The first-order valence-corrected chi connectivity index (χ1v) is 8.51. The molecule has 0 radical (unpaired) electrons.